The van der Waals surface area contributed by atoms with Crippen molar-refractivity contribution in [2.75, 3.05) is 18.6 Å². The third-order valence-corrected chi connectivity index (χ3v) is 2.46. The van der Waals surface area contributed by atoms with Crippen molar-refractivity contribution in [1.82, 2.24) is 0 Å². The summed E-state index contributed by atoms with van der Waals surface area (Å²) in [7, 11) is 1.60. The second-order valence-electron chi connectivity index (χ2n) is 3.61. The number of aliphatic hydroxyl groups excluding tert-OH is 1. The first-order valence-electron chi connectivity index (χ1n) is 5.06. The molecule has 1 rings (SSSR count). The second-order valence-corrected chi connectivity index (χ2v) is 3.61. The number of carbonyl (C=O) groups is 1. The highest BCUT2D eigenvalue weighted by Gasteiger charge is 2.10. The normalized spacial score (nSPS) is 12.2. The summed E-state index contributed by atoms with van der Waals surface area (Å²) >= 11 is 0. The van der Waals surface area contributed by atoms with Crippen LogP contribution >= 0.6 is 0 Å². The quantitative estimate of drug-likeness (QED) is 0.697. The summed E-state index contributed by atoms with van der Waals surface area (Å²) in [4.78, 5) is 12.3. The molecule has 1 atom stereocenters. The van der Waals surface area contributed by atoms with E-state index in [1.54, 1.807) is 25.2 Å². The van der Waals surface area contributed by atoms with Gasteiger partial charge in [-0.15, -0.1) is 0 Å². The number of nitrogens with two attached hydrogens (primary N) is 2. The molecule has 0 saturated carbocycles. The molecule has 0 fully saturated rings. The molecular weight excluding hydrogens is 206 g/mol. The van der Waals surface area contributed by atoms with E-state index in [4.69, 9.17) is 16.6 Å². The maximum Gasteiger partial charge on any atom is 0.318 e. The van der Waals surface area contributed by atoms with Crippen LogP contribution in [0, 0.1) is 0 Å². The van der Waals surface area contributed by atoms with Gasteiger partial charge < -0.3 is 16.6 Å². The van der Waals surface area contributed by atoms with Gasteiger partial charge in [0.2, 0.25) is 0 Å². The zero-order valence-electron chi connectivity index (χ0n) is 9.26. The van der Waals surface area contributed by atoms with Gasteiger partial charge in [0.05, 0.1) is 0 Å². The van der Waals surface area contributed by atoms with Gasteiger partial charge in [-0.3, -0.25) is 4.90 Å². The maximum absolute atomic E-state index is 11.0. The molecule has 5 N–H and O–H groups in total. The zero-order chi connectivity index (χ0) is 12.1. The van der Waals surface area contributed by atoms with E-state index in [9.17, 15) is 4.79 Å². The summed E-state index contributed by atoms with van der Waals surface area (Å²) in [5, 5.41) is 8.80. The van der Waals surface area contributed by atoms with E-state index in [1.807, 2.05) is 6.07 Å². The van der Waals surface area contributed by atoms with Crippen molar-refractivity contribution in [3.05, 3.63) is 29.8 Å². The van der Waals surface area contributed by atoms with E-state index in [0.717, 1.165) is 5.56 Å². The predicted molar refractivity (Wildman–Crippen MR) is 63.1 cm³/mol. The molecule has 1 unspecified atom stereocenters. The molecule has 1 aromatic rings. The molecule has 0 radical (unpaired) electrons. The third kappa shape index (κ3) is 2.95. The van der Waals surface area contributed by atoms with Crippen molar-refractivity contribution in [2.24, 2.45) is 11.5 Å². The van der Waals surface area contributed by atoms with E-state index < -0.39 is 6.03 Å². The number of hydrogen-bond acceptors (Lipinski definition) is 3. The van der Waals surface area contributed by atoms with Crippen LogP contribution in [0.4, 0.5) is 10.5 Å². The molecule has 1 aromatic carbocycles. The van der Waals surface area contributed by atoms with Gasteiger partial charge >= 0.3 is 6.03 Å². The minimum atomic E-state index is -0.520. The number of aliphatic hydroxyl groups is 1. The molecule has 0 aliphatic carbocycles. The fourth-order valence-corrected chi connectivity index (χ4v) is 1.40. The van der Waals surface area contributed by atoms with Gasteiger partial charge in [0.15, 0.2) is 0 Å². The highest BCUT2D eigenvalue weighted by Crippen LogP contribution is 2.20. The largest absolute Gasteiger partial charge is 0.396 e. The Balaban J connectivity index is 2.90. The Morgan fingerprint density at radius 1 is 1.56 bits per heavy atom. The Morgan fingerprint density at radius 3 is 2.81 bits per heavy atom. The van der Waals surface area contributed by atoms with E-state index in [2.05, 4.69) is 0 Å². The van der Waals surface area contributed by atoms with Crippen LogP contribution in [0.5, 0.6) is 0 Å². The number of hydrogen-bond donors (Lipinski definition) is 3. The molecule has 0 spiro atoms. The van der Waals surface area contributed by atoms with Crippen LogP contribution in [-0.4, -0.2) is 24.8 Å². The van der Waals surface area contributed by atoms with E-state index >= 15 is 0 Å². The van der Waals surface area contributed by atoms with E-state index in [-0.39, 0.29) is 12.6 Å². The molecule has 0 aromatic heterocycles. The van der Waals surface area contributed by atoms with Crippen molar-refractivity contribution in [3.63, 3.8) is 0 Å². The lowest BCUT2D eigenvalue weighted by Gasteiger charge is -2.17. The summed E-state index contributed by atoms with van der Waals surface area (Å²) in [5.74, 6) is 0. The van der Waals surface area contributed by atoms with E-state index in [1.165, 1.54) is 4.90 Å². The fraction of sp³-hybridized carbons (Fsp3) is 0.364. The van der Waals surface area contributed by atoms with Crippen LogP contribution in [0.2, 0.25) is 0 Å². The van der Waals surface area contributed by atoms with Crippen molar-refractivity contribution in [3.8, 4) is 0 Å². The molecule has 2 amide bonds. The number of carbonyl (C=O) groups excluding carboxylic acids is 1. The number of rotatable bonds is 4. The lowest BCUT2D eigenvalue weighted by Crippen LogP contribution is -2.31. The van der Waals surface area contributed by atoms with Gasteiger partial charge in [-0.25, -0.2) is 4.79 Å². The van der Waals surface area contributed by atoms with Gasteiger partial charge in [0, 0.05) is 25.4 Å². The summed E-state index contributed by atoms with van der Waals surface area (Å²) in [6, 6.07) is 6.49. The number of urea groups is 1. The smallest absolute Gasteiger partial charge is 0.318 e. The lowest BCUT2D eigenvalue weighted by molar-refractivity contribution is 0.255. The van der Waals surface area contributed by atoms with Crippen LogP contribution in [-0.2, 0) is 0 Å². The first-order chi connectivity index (χ1) is 7.56. The molecular formula is C11H17N3O2. The van der Waals surface area contributed by atoms with Gasteiger partial charge in [-0.2, -0.15) is 0 Å². The minimum absolute atomic E-state index is 0.0387. The summed E-state index contributed by atoms with van der Waals surface area (Å²) < 4.78 is 0. The molecule has 16 heavy (non-hydrogen) atoms. The number of anilines is 1. The zero-order valence-corrected chi connectivity index (χ0v) is 9.26. The molecule has 0 bridgehead atoms. The second kappa shape index (κ2) is 5.48. The lowest BCUT2D eigenvalue weighted by atomic mass is 10.0. The topological polar surface area (TPSA) is 92.6 Å². The van der Waals surface area contributed by atoms with Crippen LogP contribution in [0.25, 0.3) is 0 Å². The molecule has 5 nitrogen and oxygen atoms in total. The molecule has 0 aliphatic rings. The van der Waals surface area contributed by atoms with E-state index in [0.29, 0.717) is 12.1 Å². The standard InChI is InChI=1S/C11H17N3O2/c1-14(11(13)16)9-4-2-3-8(7-9)10(12)5-6-15/h2-4,7,10,15H,5-6,12H2,1H3,(H2,13,16). The highest BCUT2D eigenvalue weighted by molar-refractivity contribution is 5.90. The fourth-order valence-electron chi connectivity index (χ4n) is 1.40. The maximum atomic E-state index is 11.0. The molecule has 0 aliphatic heterocycles. The van der Waals surface area contributed by atoms with Gasteiger partial charge in [0.1, 0.15) is 0 Å². The number of benzene rings is 1. The molecule has 88 valence electrons. The predicted octanol–water partition coefficient (Wildman–Crippen LogP) is 0.584. The SMILES string of the molecule is CN(C(N)=O)c1cccc(C(N)CCO)c1. The third-order valence-electron chi connectivity index (χ3n) is 2.46. The summed E-state index contributed by atoms with van der Waals surface area (Å²) in [6.07, 6.45) is 0.490. The molecule has 0 saturated heterocycles. The number of nitrogens with zero attached hydrogens (tertiary/aromatic N) is 1. The average molecular weight is 223 g/mol. The summed E-state index contributed by atoms with van der Waals surface area (Å²) in [5.41, 5.74) is 12.6. The van der Waals surface area contributed by atoms with Crippen molar-refractivity contribution < 1.29 is 9.90 Å². The van der Waals surface area contributed by atoms with Gasteiger partial charge in [-0.1, -0.05) is 12.1 Å². The summed E-state index contributed by atoms with van der Waals surface area (Å²) in [6.45, 7) is 0.0387. The van der Waals surface area contributed by atoms with Crippen LogP contribution in [0.15, 0.2) is 24.3 Å². The van der Waals surface area contributed by atoms with Crippen molar-refractivity contribution in [2.45, 2.75) is 12.5 Å². The van der Waals surface area contributed by atoms with Gasteiger partial charge in [0.25, 0.3) is 0 Å². The Morgan fingerprint density at radius 2 is 2.25 bits per heavy atom. The Labute approximate surface area is 94.7 Å². The van der Waals surface area contributed by atoms with Crippen LogP contribution < -0.4 is 16.4 Å². The van der Waals surface area contributed by atoms with Crippen molar-refractivity contribution >= 4 is 11.7 Å². The van der Waals surface area contributed by atoms with Gasteiger partial charge in [-0.05, 0) is 24.1 Å². The average Bonchev–Trinajstić information content (AvgIpc) is 2.28. The van der Waals surface area contributed by atoms with Crippen molar-refractivity contribution in [1.29, 1.82) is 0 Å². The molecule has 0 heterocycles. The molecule has 5 heteroatoms. The Hall–Kier alpha value is -1.59. The Bertz CT molecular complexity index is 368. The number of amides is 2. The number of primary amides is 1. The Kier molecular flexibility index (Phi) is 4.28. The first-order valence-corrected chi connectivity index (χ1v) is 5.06. The van der Waals surface area contributed by atoms with Crippen LogP contribution in [0.3, 0.4) is 0 Å². The first kappa shape index (κ1) is 12.5. The van der Waals surface area contributed by atoms with Crippen LogP contribution in [0.1, 0.15) is 18.0 Å². The monoisotopic (exact) mass is 223 g/mol. The minimum Gasteiger partial charge on any atom is -0.396 e. The highest BCUT2D eigenvalue weighted by atomic mass is 16.3.